The first-order valence-electron chi connectivity index (χ1n) is 5.25. The molecule has 1 N–H and O–H groups in total. The van der Waals surface area contributed by atoms with E-state index in [1.807, 2.05) is 22.9 Å². The molecule has 84 valence electrons. The van der Waals surface area contributed by atoms with Gasteiger partial charge in [-0.3, -0.25) is 4.79 Å². The van der Waals surface area contributed by atoms with E-state index in [4.69, 9.17) is 5.11 Å². The first-order valence-corrected chi connectivity index (χ1v) is 5.25. The van der Waals surface area contributed by atoms with Crippen LogP contribution in [0.2, 0.25) is 0 Å². The highest BCUT2D eigenvalue weighted by Crippen LogP contribution is 2.15. The van der Waals surface area contributed by atoms with Gasteiger partial charge in [-0.1, -0.05) is 19.9 Å². The summed E-state index contributed by atoms with van der Waals surface area (Å²) in [6.45, 7) is 4.17. The Kier molecular flexibility index (Phi) is 2.64. The second-order valence-electron chi connectivity index (χ2n) is 4.19. The van der Waals surface area contributed by atoms with Gasteiger partial charge in [0, 0.05) is 12.4 Å². The van der Waals surface area contributed by atoms with Gasteiger partial charge in [-0.25, -0.2) is 4.98 Å². The zero-order chi connectivity index (χ0) is 11.7. The predicted octanol–water partition coefficient (Wildman–Crippen LogP) is 2.08. The second kappa shape index (κ2) is 3.96. The maximum absolute atomic E-state index is 10.6. The van der Waals surface area contributed by atoms with Gasteiger partial charge in [0.15, 0.2) is 0 Å². The highest BCUT2D eigenvalue weighted by Gasteiger charge is 2.06. The van der Waals surface area contributed by atoms with E-state index in [2.05, 4.69) is 18.8 Å². The van der Waals surface area contributed by atoms with Crippen LogP contribution in [0.3, 0.4) is 0 Å². The van der Waals surface area contributed by atoms with Crippen molar-refractivity contribution in [3.63, 3.8) is 0 Å². The maximum Gasteiger partial charge on any atom is 0.307 e. The van der Waals surface area contributed by atoms with E-state index in [9.17, 15) is 4.79 Å². The van der Waals surface area contributed by atoms with Crippen molar-refractivity contribution in [1.82, 2.24) is 9.38 Å². The monoisotopic (exact) mass is 218 g/mol. The number of hydrogen-bond acceptors (Lipinski definition) is 2. The van der Waals surface area contributed by atoms with Crippen LogP contribution in [-0.2, 0) is 11.2 Å². The minimum atomic E-state index is -0.816. The van der Waals surface area contributed by atoms with E-state index >= 15 is 0 Å². The van der Waals surface area contributed by atoms with Gasteiger partial charge < -0.3 is 9.51 Å². The zero-order valence-corrected chi connectivity index (χ0v) is 9.34. The molecule has 0 spiro atoms. The number of imidazole rings is 1. The van der Waals surface area contributed by atoms with Crippen molar-refractivity contribution in [3.05, 3.63) is 35.8 Å². The highest BCUT2D eigenvalue weighted by molar-refractivity contribution is 5.70. The summed E-state index contributed by atoms with van der Waals surface area (Å²) >= 11 is 0. The lowest BCUT2D eigenvalue weighted by Crippen LogP contribution is -2.00. The molecule has 4 heteroatoms. The quantitative estimate of drug-likeness (QED) is 0.858. The fourth-order valence-corrected chi connectivity index (χ4v) is 1.61. The molecule has 0 radical (unpaired) electrons. The standard InChI is InChI=1S/C12H14N2O2/c1-8(2)10-7-14-6-9(5-12(15)16)3-4-11(14)13-10/h3-4,6-8H,5H2,1-2H3,(H,15,16). The number of hydrogen-bond donors (Lipinski definition) is 1. The lowest BCUT2D eigenvalue weighted by Gasteiger charge is -1.98. The largest absolute Gasteiger partial charge is 0.481 e. The van der Waals surface area contributed by atoms with Crippen molar-refractivity contribution >= 4 is 11.6 Å². The van der Waals surface area contributed by atoms with Crippen LogP contribution in [0.25, 0.3) is 5.65 Å². The predicted molar refractivity (Wildman–Crippen MR) is 60.6 cm³/mol. The molecule has 0 aliphatic rings. The minimum Gasteiger partial charge on any atom is -0.481 e. The van der Waals surface area contributed by atoms with Gasteiger partial charge in [0.1, 0.15) is 5.65 Å². The molecule has 2 rings (SSSR count). The molecule has 2 aromatic rings. The molecule has 0 saturated heterocycles. The molecule has 0 aliphatic heterocycles. The topological polar surface area (TPSA) is 54.6 Å². The molecule has 4 nitrogen and oxygen atoms in total. The Labute approximate surface area is 93.5 Å². The van der Waals surface area contributed by atoms with Gasteiger partial charge in [0.25, 0.3) is 0 Å². The molecular formula is C12H14N2O2. The van der Waals surface area contributed by atoms with Gasteiger partial charge in [-0.05, 0) is 17.5 Å². The number of carboxylic acids is 1. The number of carboxylic acid groups (broad SMARTS) is 1. The summed E-state index contributed by atoms with van der Waals surface area (Å²) in [6, 6.07) is 3.66. The van der Waals surface area contributed by atoms with E-state index in [0.29, 0.717) is 5.92 Å². The van der Waals surface area contributed by atoms with Crippen LogP contribution in [0.5, 0.6) is 0 Å². The number of rotatable bonds is 3. The number of nitrogens with zero attached hydrogens (tertiary/aromatic N) is 2. The Morgan fingerprint density at radius 3 is 2.81 bits per heavy atom. The first kappa shape index (κ1) is 10.7. The molecule has 0 aromatic carbocycles. The Morgan fingerprint density at radius 1 is 1.44 bits per heavy atom. The fourth-order valence-electron chi connectivity index (χ4n) is 1.61. The molecule has 16 heavy (non-hydrogen) atoms. The van der Waals surface area contributed by atoms with Crippen LogP contribution < -0.4 is 0 Å². The Hall–Kier alpha value is -1.84. The number of aromatic nitrogens is 2. The van der Waals surface area contributed by atoms with Crippen molar-refractivity contribution in [3.8, 4) is 0 Å². The summed E-state index contributed by atoms with van der Waals surface area (Å²) in [7, 11) is 0. The Bertz CT molecular complexity index is 529. The molecule has 0 atom stereocenters. The average molecular weight is 218 g/mol. The van der Waals surface area contributed by atoms with Gasteiger partial charge in [-0.2, -0.15) is 0 Å². The van der Waals surface area contributed by atoms with Gasteiger partial charge in [-0.15, -0.1) is 0 Å². The summed E-state index contributed by atoms with van der Waals surface area (Å²) in [5.74, 6) is -0.439. The third kappa shape index (κ3) is 2.05. The number of fused-ring (bicyclic) bond motifs is 1. The minimum absolute atomic E-state index is 0.0468. The summed E-state index contributed by atoms with van der Waals surface area (Å²) in [6.07, 6.45) is 3.82. The van der Waals surface area contributed by atoms with E-state index < -0.39 is 5.97 Å². The molecule has 0 amide bonds. The molecule has 0 unspecified atom stereocenters. The lowest BCUT2D eigenvalue weighted by molar-refractivity contribution is -0.136. The second-order valence-corrected chi connectivity index (χ2v) is 4.19. The molecule has 0 fully saturated rings. The Balaban J connectivity index is 2.41. The van der Waals surface area contributed by atoms with Gasteiger partial charge >= 0.3 is 5.97 Å². The van der Waals surface area contributed by atoms with Crippen LogP contribution in [0, 0.1) is 0 Å². The SMILES string of the molecule is CC(C)c1cn2cc(CC(=O)O)ccc2n1. The van der Waals surface area contributed by atoms with Crippen LogP contribution in [-0.4, -0.2) is 20.5 Å². The number of aliphatic carboxylic acids is 1. The summed E-state index contributed by atoms with van der Waals surface area (Å²) in [5, 5.41) is 8.71. The third-order valence-corrected chi connectivity index (χ3v) is 2.48. The molecule has 2 aromatic heterocycles. The van der Waals surface area contributed by atoms with Gasteiger partial charge in [0.2, 0.25) is 0 Å². The van der Waals surface area contributed by atoms with Crippen LogP contribution >= 0.6 is 0 Å². The maximum atomic E-state index is 10.6. The molecule has 2 heterocycles. The molecule has 0 saturated carbocycles. The van der Waals surface area contributed by atoms with E-state index in [-0.39, 0.29) is 6.42 Å². The Morgan fingerprint density at radius 2 is 2.19 bits per heavy atom. The summed E-state index contributed by atoms with van der Waals surface area (Å²) in [4.78, 5) is 15.0. The highest BCUT2D eigenvalue weighted by atomic mass is 16.4. The van der Waals surface area contributed by atoms with Crippen LogP contribution in [0.4, 0.5) is 0 Å². The van der Waals surface area contributed by atoms with Gasteiger partial charge in [0.05, 0.1) is 12.1 Å². The molecule has 0 bridgehead atoms. The fraction of sp³-hybridized carbons (Fsp3) is 0.333. The van der Waals surface area contributed by atoms with Crippen molar-refractivity contribution in [2.75, 3.05) is 0 Å². The normalized spacial score (nSPS) is 11.2. The van der Waals surface area contributed by atoms with E-state index in [1.165, 1.54) is 0 Å². The van der Waals surface area contributed by atoms with Crippen molar-refractivity contribution in [1.29, 1.82) is 0 Å². The van der Waals surface area contributed by atoms with Crippen LogP contribution in [0.15, 0.2) is 24.5 Å². The van der Waals surface area contributed by atoms with Crippen molar-refractivity contribution < 1.29 is 9.90 Å². The zero-order valence-electron chi connectivity index (χ0n) is 9.34. The number of carbonyl (C=O) groups is 1. The van der Waals surface area contributed by atoms with E-state index in [0.717, 1.165) is 16.9 Å². The lowest BCUT2D eigenvalue weighted by atomic mass is 10.2. The summed E-state index contributed by atoms with van der Waals surface area (Å²) < 4.78 is 1.88. The number of pyridine rings is 1. The first-order chi connectivity index (χ1) is 7.56. The molecular weight excluding hydrogens is 204 g/mol. The van der Waals surface area contributed by atoms with Crippen molar-refractivity contribution in [2.24, 2.45) is 0 Å². The van der Waals surface area contributed by atoms with Crippen LogP contribution in [0.1, 0.15) is 31.0 Å². The smallest absolute Gasteiger partial charge is 0.307 e. The van der Waals surface area contributed by atoms with Crippen molar-refractivity contribution in [2.45, 2.75) is 26.2 Å². The van der Waals surface area contributed by atoms with E-state index in [1.54, 1.807) is 6.07 Å². The average Bonchev–Trinajstić information content (AvgIpc) is 2.59. The summed E-state index contributed by atoms with van der Waals surface area (Å²) in [5.41, 5.74) is 2.66. The molecule has 0 aliphatic carbocycles. The third-order valence-electron chi connectivity index (χ3n) is 2.48.